The third-order valence-corrected chi connectivity index (χ3v) is 4.71. The molecule has 0 radical (unpaired) electrons. The highest BCUT2D eigenvalue weighted by Crippen LogP contribution is 2.31. The molecule has 2 aromatic rings. The molecule has 0 aliphatic carbocycles. The van der Waals surface area contributed by atoms with Crippen LogP contribution in [0.15, 0.2) is 30.3 Å². The van der Waals surface area contributed by atoms with Gasteiger partial charge in [-0.3, -0.25) is 4.79 Å². The van der Waals surface area contributed by atoms with Crippen molar-refractivity contribution in [2.24, 2.45) is 0 Å². The molecule has 3 rings (SSSR count). The SMILES string of the molecule is CCCC1(O)CN(C(=O)c2cc3ccccc3s2)C1. The number of carbonyl (C=O) groups excluding carboxylic acids is 1. The van der Waals surface area contributed by atoms with E-state index < -0.39 is 5.60 Å². The van der Waals surface area contributed by atoms with Crippen LogP contribution in [0.1, 0.15) is 29.4 Å². The van der Waals surface area contributed by atoms with Crippen LogP contribution in [-0.4, -0.2) is 34.6 Å². The second-order valence-electron chi connectivity index (χ2n) is 5.28. The van der Waals surface area contributed by atoms with Crippen molar-refractivity contribution in [1.29, 1.82) is 0 Å². The number of amides is 1. The summed E-state index contributed by atoms with van der Waals surface area (Å²) < 4.78 is 1.13. The van der Waals surface area contributed by atoms with Crippen molar-refractivity contribution in [3.8, 4) is 0 Å². The molecule has 1 amide bonds. The topological polar surface area (TPSA) is 40.5 Å². The third kappa shape index (κ3) is 2.26. The number of thiophene rings is 1. The molecular formula is C15H17NO2S. The maximum Gasteiger partial charge on any atom is 0.264 e. The monoisotopic (exact) mass is 275 g/mol. The van der Waals surface area contributed by atoms with E-state index in [-0.39, 0.29) is 5.91 Å². The molecule has 0 unspecified atom stereocenters. The molecule has 19 heavy (non-hydrogen) atoms. The molecule has 0 atom stereocenters. The highest BCUT2D eigenvalue weighted by molar-refractivity contribution is 7.20. The van der Waals surface area contributed by atoms with Gasteiger partial charge in [-0.15, -0.1) is 11.3 Å². The average Bonchev–Trinajstić information content (AvgIpc) is 2.79. The van der Waals surface area contributed by atoms with E-state index in [2.05, 4.69) is 6.92 Å². The van der Waals surface area contributed by atoms with E-state index in [4.69, 9.17) is 0 Å². The van der Waals surface area contributed by atoms with Gasteiger partial charge in [0.2, 0.25) is 0 Å². The molecule has 1 aliphatic rings. The van der Waals surface area contributed by atoms with E-state index in [0.717, 1.165) is 27.8 Å². The zero-order valence-corrected chi connectivity index (χ0v) is 11.7. The van der Waals surface area contributed by atoms with Crippen LogP contribution in [0.25, 0.3) is 10.1 Å². The summed E-state index contributed by atoms with van der Waals surface area (Å²) in [5, 5.41) is 11.2. The van der Waals surface area contributed by atoms with Crippen molar-refractivity contribution < 1.29 is 9.90 Å². The number of benzene rings is 1. The summed E-state index contributed by atoms with van der Waals surface area (Å²) in [6.07, 6.45) is 1.71. The van der Waals surface area contributed by atoms with Crippen LogP contribution in [-0.2, 0) is 0 Å². The molecule has 1 aromatic heterocycles. The van der Waals surface area contributed by atoms with E-state index >= 15 is 0 Å². The Morgan fingerprint density at radius 1 is 1.42 bits per heavy atom. The van der Waals surface area contributed by atoms with Crippen LogP contribution in [0.2, 0.25) is 0 Å². The molecule has 0 saturated carbocycles. The first kappa shape index (κ1) is 12.6. The first-order chi connectivity index (χ1) is 9.11. The number of β-amino-alcohol motifs (C(OH)–C–C–N with tert-alkyl or cyclic N) is 1. The minimum atomic E-state index is -0.652. The standard InChI is InChI=1S/C15H17NO2S/c1-2-7-15(18)9-16(10-15)14(17)13-8-11-5-3-4-6-12(11)19-13/h3-6,8,18H,2,7,9-10H2,1H3. The summed E-state index contributed by atoms with van der Waals surface area (Å²) in [7, 11) is 0. The zero-order chi connectivity index (χ0) is 13.5. The van der Waals surface area contributed by atoms with Crippen molar-refractivity contribution in [2.75, 3.05) is 13.1 Å². The molecule has 2 heterocycles. The Bertz CT molecular complexity index is 580. The fourth-order valence-corrected chi connectivity index (χ4v) is 3.71. The zero-order valence-electron chi connectivity index (χ0n) is 10.9. The quantitative estimate of drug-likeness (QED) is 0.935. The van der Waals surface area contributed by atoms with Crippen LogP contribution < -0.4 is 0 Å². The van der Waals surface area contributed by atoms with Gasteiger partial charge in [0, 0.05) is 4.70 Å². The molecular weight excluding hydrogens is 258 g/mol. The molecule has 1 saturated heterocycles. The number of aliphatic hydroxyl groups is 1. The number of nitrogens with zero attached hydrogens (tertiary/aromatic N) is 1. The van der Waals surface area contributed by atoms with Gasteiger partial charge in [-0.25, -0.2) is 0 Å². The predicted octanol–water partition coefficient (Wildman–Crippen LogP) is 2.89. The van der Waals surface area contributed by atoms with E-state index in [1.165, 1.54) is 11.3 Å². The van der Waals surface area contributed by atoms with Crippen molar-refractivity contribution in [3.05, 3.63) is 35.2 Å². The highest BCUT2D eigenvalue weighted by Gasteiger charge is 2.43. The number of likely N-dealkylation sites (tertiary alicyclic amines) is 1. The third-order valence-electron chi connectivity index (χ3n) is 3.61. The Morgan fingerprint density at radius 3 is 2.84 bits per heavy atom. The van der Waals surface area contributed by atoms with Crippen LogP contribution in [0.3, 0.4) is 0 Å². The van der Waals surface area contributed by atoms with E-state index in [0.29, 0.717) is 13.1 Å². The smallest absolute Gasteiger partial charge is 0.264 e. The Morgan fingerprint density at radius 2 is 2.16 bits per heavy atom. The maximum atomic E-state index is 12.3. The van der Waals surface area contributed by atoms with Gasteiger partial charge >= 0.3 is 0 Å². The van der Waals surface area contributed by atoms with Gasteiger partial charge < -0.3 is 10.0 Å². The second kappa shape index (κ2) is 4.62. The molecule has 1 aliphatic heterocycles. The summed E-state index contributed by atoms with van der Waals surface area (Å²) in [5.74, 6) is 0.0435. The molecule has 1 aromatic carbocycles. The molecule has 4 heteroatoms. The Balaban J connectivity index is 1.75. The van der Waals surface area contributed by atoms with Gasteiger partial charge in [0.25, 0.3) is 5.91 Å². The summed E-state index contributed by atoms with van der Waals surface area (Å²) in [6.45, 7) is 2.98. The van der Waals surface area contributed by atoms with Crippen molar-refractivity contribution in [2.45, 2.75) is 25.4 Å². The molecule has 1 fully saturated rings. The van der Waals surface area contributed by atoms with Gasteiger partial charge in [-0.1, -0.05) is 31.5 Å². The van der Waals surface area contributed by atoms with Gasteiger partial charge in [-0.05, 0) is 23.9 Å². The first-order valence-electron chi connectivity index (χ1n) is 6.61. The normalized spacial score (nSPS) is 17.5. The lowest BCUT2D eigenvalue weighted by Gasteiger charge is -2.46. The molecule has 0 bridgehead atoms. The second-order valence-corrected chi connectivity index (χ2v) is 6.37. The van der Waals surface area contributed by atoms with E-state index in [1.54, 1.807) is 4.90 Å². The molecule has 0 spiro atoms. The highest BCUT2D eigenvalue weighted by atomic mass is 32.1. The number of rotatable bonds is 3. The van der Waals surface area contributed by atoms with Gasteiger partial charge in [0.1, 0.15) is 0 Å². The van der Waals surface area contributed by atoms with Crippen molar-refractivity contribution in [3.63, 3.8) is 0 Å². The van der Waals surface area contributed by atoms with Gasteiger partial charge in [0.15, 0.2) is 0 Å². The maximum absolute atomic E-state index is 12.3. The summed E-state index contributed by atoms with van der Waals surface area (Å²) in [4.78, 5) is 14.8. The van der Waals surface area contributed by atoms with Crippen LogP contribution >= 0.6 is 11.3 Å². The molecule has 3 nitrogen and oxygen atoms in total. The number of hydrogen-bond acceptors (Lipinski definition) is 3. The minimum Gasteiger partial charge on any atom is -0.386 e. The van der Waals surface area contributed by atoms with Crippen molar-refractivity contribution >= 4 is 27.3 Å². The summed E-state index contributed by atoms with van der Waals surface area (Å²) in [6, 6.07) is 9.95. The van der Waals surface area contributed by atoms with E-state index in [9.17, 15) is 9.90 Å². The molecule has 1 N–H and O–H groups in total. The minimum absolute atomic E-state index is 0.0435. The van der Waals surface area contributed by atoms with Crippen LogP contribution in [0.4, 0.5) is 0 Å². The number of hydrogen-bond donors (Lipinski definition) is 1. The number of carbonyl (C=O) groups is 1. The lowest BCUT2D eigenvalue weighted by atomic mass is 9.89. The number of fused-ring (bicyclic) bond motifs is 1. The average molecular weight is 275 g/mol. The lowest BCUT2D eigenvalue weighted by Crippen LogP contribution is -2.63. The van der Waals surface area contributed by atoms with Crippen LogP contribution in [0, 0.1) is 0 Å². The molecule has 100 valence electrons. The van der Waals surface area contributed by atoms with Crippen molar-refractivity contribution in [1.82, 2.24) is 4.90 Å². The van der Waals surface area contributed by atoms with Crippen LogP contribution in [0.5, 0.6) is 0 Å². The Hall–Kier alpha value is -1.39. The Kier molecular flexibility index (Phi) is 3.07. The predicted molar refractivity (Wildman–Crippen MR) is 77.6 cm³/mol. The van der Waals surface area contributed by atoms with E-state index in [1.807, 2.05) is 30.3 Å². The fourth-order valence-electron chi connectivity index (χ4n) is 2.67. The Labute approximate surface area is 116 Å². The summed E-state index contributed by atoms with van der Waals surface area (Å²) >= 11 is 1.52. The van der Waals surface area contributed by atoms with Gasteiger partial charge in [0.05, 0.1) is 23.6 Å². The largest absolute Gasteiger partial charge is 0.386 e. The summed E-state index contributed by atoms with van der Waals surface area (Å²) in [5.41, 5.74) is -0.652. The fraction of sp³-hybridized carbons (Fsp3) is 0.400. The lowest BCUT2D eigenvalue weighted by molar-refractivity contribution is -0.0858. The first-order valence-corrected chi connectivity index (χ1v) is 7.43. The van der Waals surface area contributed by atoms with Gasteiger partial charge in [-0.2, -0.15) is 0 Å².